The van der Waals surface area contributed by atoms with E-state index in [1.165, 1.54) is 0 Å². The molecule has 0 saturated heterocycles. The van der Waals surface area contributed by atoms with E-state index in [1.54, 1.807) is 39.5 Å². The van der Waals surface area contributed by atoms with Crippen molar-refractivity contribution in [1.82, 2.24) is 9.97 Å². The Morgan fingerprint density at radius 2 is 2.00 bits per heavy atom. The van der Waals surface area contributed by atoms with Crippen LogP contribution in [0.1, 0.15) is 25.5 Å². The highest BCUT2D eigenvalue weighted by molar-refractivity contribution is 6.01. The average molecular weight is 330 g/mol. The predicted octanol–water partition coefficient (Wildman–Crippen LogP) is 2.66. The van der Waals surface area contributed by atoms with Crippen LogP contribution >= 0.6 is 0 Å². The number of benzene rings is 1. The summed E-state index contributed by atoms with van der Waals surface area (Å²) in [5, 5.41) is 11.0. The molecule has 1 aromatic heterocycles. The minimum atomic E-state index is -0.312. The summed E-state index contributed by atoms with van der Waals surface area (Å²) in [7, 11) is 4.75. The van der Waals surface area contributed by atoms with Crippen molar-refractivity contribution < 1.29 is 9.47 Å². The van der Waals surface area contributed by atoms with Gasteiger partial charge in [-0.15, -0.1) is 0 Å². The fraction of sp³-hybridized carbons (Fsp3) is 0.353. The van der Waals surface area contributed by atoms with E-state index in [0.29, 0.717) is 46.4 Å². The zero-order chi connectivity index (χ0) is 17.7. The number of nitrogens with zero attached hydrogens (tertiary/aromatic N) is 1. The van der Waals surface area contributed by atoms with Gasteiger partial charge in [0.05, 0.1) is 19.9 Å². The van der Waals surface area contributed by atoms with Crippen LogP contribution in [-0.4, -0.2) is 36.9 Å². The number of hydrogen-bond donors (Lipinski definition) is 3. The lowest BCUT2D eigenvalue weighted by atomic mass is 10.1. The van der Waals surface area contributed by atoms with E-state index in [2.05, 4.69) is 15.3 Å². The van der Waals surface area contributed by atoms with Gasteiger partial charge in [-0.1, -0.05) is 13.3 Å². The van der Waals surface area contributed by atoms with Crippen LogP contribution in [0.2, 0.25) is 0 Å². The van der Waals surface area contributed by atoms with Crippen molar-refractivity contribution >= 4 is 11.4 Å². The first-order chi connectivity index (χ1) is 11.5. The van der Waals surface area contributed by atoms with Crippen molar-refractivity contribution in [2.75, 3.05) is 26.6 Å². The number of nitrogens with one attached hydrogen (secondary N) is 3. The Balaban J connectivity index is 2.59. The molecule has 7 heteroatoms. The molecule has 0 atom stereocenters. The second kappa shape index (κ2) is 7.63. The maximum atomic E-state index is 12.3. The van der Waals surface area contributed by atoms with Gasteiger partial charge in [0.15, 0.2) is 11.5 Å². The molecule has 2 rings (SSSR count). The molecule has 0 aliphatic heterocycles. The van der Waals surface area contributed by atoms with Gasteiger partial charge in [-0.2, -0.15) is 0 Å². The molecule has 0 spiro atoms. The number of rotatable bonds is 7. The zero-order valence-electron chi connectivity index (χ0n) is 14.3. The van der Waals surface area contributed by atoms with Crippen LogP contribution in [-0.2, 0) is 0 Å². The minimum Gasteiger partial charge on any atom is -0.493 e. The topological polar surface area (TPSA) is 100 Å². The van der Waals surface area contributed by atoms with Gasteiger partial charge in [0.25, 0.3) is 5.56 Å². The predicted molar refractivity (Wildman–Crippen MR) is 94.7 cm³/mol. The van der Waals surface area contributed by atoms with Gasteiger partial charge < -0.3 is 25.2 Å². The third-order valence-electron chi connectivity index (χ3n) is 3.61. The van der Waals surface area contributed by atoms with Gasteiger partial charge in [0, 0.05) is 12.6 Å². The smallest absolute Gasteiger partial charge is 0.275 e. The lowest BCUT2D eigenvalue weighted by Crippen LogP contribution is -2.20. The first-order valence-electron chi connectivity index (χ1n) is 7.67. The van der Waals surface area contributed by atoms with Crippen molar-refractivity contribution in [2.45, 2.75) is 19.8 Å². The van der Waals surface area contributed by atoms with Crippen LogP contribution in [0.3, 0.4) is 0 Å². The summed E-state index contributed by atoms with van der Waals surface area (Å²) in [5.74, 6) is 1.52. The largest absolute Gasteiger partial charge is 0.493 e. The van der Waals surface area contributed by atoms with Gasteiger partial charge >= 0.3 is 0 Å². The Bertz CT molecular complexity index is 799. The average Bonchev–Trinajstić information content (AvgIpc) is 2.60. The Morgan fingerprint density at radius 3 is 2.58 bits per heavy atom. The lowest BCUT2D eigenvalue weighted by molar-refractivity contribution is 0.355. The molecule has 7 nitrogen and oxygen atoms in total. The van der Waals surface area contributed by atoms with Gasteiger partial charge in [0.1, 0.15) is 17.2 Å². The molecule has 1 aromatic carbocycles. The fourth-order valence-electron chi connectivity index (χ4n) is 2.41. The van der Waals surface area contributed by atoms with Crippen molar-refractivity contribution in [2.24, 2.45) is 0 Å². The summed E-state index contributed by atoms with van der Waals surface area (Å²) in [4.78, 5) is 19.6. The lowest BCUT2D eigenvalue weighted by Gasteiger charge is -2.12. The maximum Gasteiger partial charge on any atom is 0.275 e. The van der Waals surface area contributed by atoms with Crippen molar-refractivity contribution in [3.05, 3.63) is 34.2 Å². The summed E-state index contributed by atoms with van der Waals surface area (Å²) >= 11 is 0. The molecule has 0 unspecified atom stereocenters. The van der Waals surface area contributed by atoms with Crippen LogP contribution in [0, 0.1) is 5.41 Å². The monoisotopic (exact) mass is 330 g/mol. The number of ether oxygens (including phenoxy) is 2. The molecule has 0 aliphatic carbocycles. The summed E-state index contributed by atoms with van der Waals surface area (Å²) in [6.45, 7) is 1.98. The highest BCUT2D eigenvalue weighted by Crippen LogP contribution is 2.31. The Labute approximate surface area is 140 Å². The van der Waals surface area contributed by atoms with E-state index in [-0.39, 0.29) is 5.56 Å². The number of anilines is 1. The second-order valence-electron chi connectivity index (χ2n) is 5.19. The van der Waals surface area contributed by atoms with Gasteiger partial charge in [-0.05, 0) is 24.6 Å². The van der Waals surface area contributed by atoms with Crippen LogP contribution in [0.5, 0.6) is 11.5 Å². The summed E-state index contributed by atoms with van der Waals surface area (Å²) in [5.41, 5.74) is 1.37. The first kappa shape index (κ1) is 17.5. The fourth-order valence-corrected chi connectivity index (χ4v) is 2.41. The molecule has 128 valence electrons. The van der Waals surface area contributed by atoms with E-state index in [0.717, 1.165) is 6.42 Å². The van der Waals surface area contributed by atoms with Gasteiger partial charge in [0.2, 0.25) is 0 Å². The normalized spacial score (nSPS) is 10.3. The van der Waals surface area contributed by atoms with Crippen LogP contribution in [0.25, 0.3) is 11.4 Å². The molecule has 24 heavy (non-hydrogen) atoms. The highest BCUT2D eigenvalue weighted by atomic mass is 16.5. The van der Waals surface area contributed by atoms with Gasteiger partial charge in [-0.25, -0.2) is 4.98 Å². The molecular formula is C17H22N4O3. The second-order valence-corrected chi connectivity index (χ2v) is 5.19. The van der Waals surface area contributed by atoms with E-state index < -0.39 is 0 Å². The van der Waals surface area contributed by atoms with Crippen molar-refractivity contribution in [3.63, 3.8) is 0 Å². The van der Waals surface area contributed by atoms with Gasteiger partial charge in [-0.3, -0.25) is 4.79 Å². The van der Waals surface area contributed by atoms with Crippen LogP contribution in [0.4, 0.5) is 5.69 Å². The highest BCUT2D eigenvalue weighted by Gasteiger charge is 2.16. The number of aromatic nitrogens is 2. The van der Waals surface area contributed by atoms with Crippen LogP contribution < -0.4 is 20.3 Å². The molecular weight excluding hydrogens is 308 g/mol. The van der Waals surface area contributed by atoms with E-state index in [4.69, 9.17) is 14.9 Å². The number of methoxy groups -OCH3 is 2. The quantitative estimate of drug-likeness (QED) is 0.678. The summed E-state index contributed by atoms with van der Waals surface area (Å²) < 4.78 is 10.5. The third kappa shape index (κ3) is 3.40. The Kier molecular flexibility index (Phi) is 5.57. The Morgan fingerprint density at radius 1 is 1.29 bits per heavy atom. The van der Waals surface area contributed by atoms with E-state index in [1.807, 2.05) is 6.92 Å². The SMILES string of the molecule is CCCC(=N)c1nc(-c2ccc(OC)c(OC)c2)[nH]c(=O)c1NC. The molecule has 1 heterocycles. The summed E-state index contributed by atoms with van der Waals surface area (Å²) in [6.07, 6.45) is 1.36. The minimum absolute atomic E-state index is 0.303. The number of aromatic amines is 1. The number of hydrogen-bond acceptors (Lipinski definition) is 6. The van der Waals surface area contributed by atoms with E-state index in [9.17, 15) is 4.79 Å². The third-order valence-corrected chi connectivity index (χ3v) is 3.61. The standard InChI is InChI=1S/C17H22N4O3/c1-5-6-11(18)14-15(19-2)17(22)21-16(20-14)10-7-8-12(23-3)13(9-10)24-4/h7-9,18-19H,5-6H2,1-4H3,(H,20,21,22). The zero-order valence-corrected chi connectivity index (χ0v) is 14.3. The van der Waals surface area contributed by atoms with Crippen LogP contribution in [0.15, 0.2) is 23.0 Å². The molecule has 0 saturated carbocycles. The summed E-state index contributed by atoms with van der Waals surface area (Å²) in [6, 6.07) is 5.27. The molecule has 3 N–H and O–H groups in total. The molecule has 0 fully saturated rings. The molecule has 0 amide bonds. The number of H-pyrrole nitrogens is 1. The molecule has 0 bridgehead atoms. The van der Waals surface area contributed by atoms with Crippen molar-refractivity contribution in [1.29, 1.82) is 5.41 Å². The van der Waals surface area contributed by atoms with E-state index >= 15 is 0 Å². The van der Waals surface area contributed by atoms with Crippen molar-refractivity contribution in [3.8, 4) is 22.9 Å². The maximum absolute atomic E-state index is 12.3. The first-order valence-corrected chi connectivity index (χ1v) is 7.67. The Hall–Kier alpha value is -2.83. The molecule has 0 aliphatic rings. The molecule has 0 radical (unpaired) electrons. The molecule has 2 aromatic rings.